The third-order valence-electron chi connectivity index (χ3n) is 11.4. The maximum absolute atomic E-state index is 4.63. The Bertz CT molecular complexity index is 888. The van der Waals surface area contributed by atoms with Crippen LogP contribution in [-0.2, 0) is 11.8 Å². The largest absolute Gasteiger partial charge is 0.0996 e. The van der Waals surface area contributed by atoms with E-state index in [9.17, 15) is 0 Å². The van der Waals surface area contributed by atoms with Crippen LogP contribution in [0.3, 0.4) is 0 Å². The van der Waals surface area contributed by atoms with Gasteiger partial charge in [-0.2, -0.15) is 0 Å². The van der Waals surface area contributed by atoms with Crippen LogP contribution in [0.15, 0.2) is 24.3 Å². The second-order valence-corrected chi connectivity index (χ2v) is 12.9. The molecule has 4 aliphatic rings. The summed E-state index contributed by atoms with van der Waals surface area (Å²) in [5, 5.41) is 0. The van der Waals surface area contributed by atoms with Crippen molar-refractivity contribution >= 4 is 0 Å². The van der Waals surface area contributed by atoms with E-state index in [4.69, 9.17) is 0 Å². The Morgan fingerprint density at radius 2 is 1.90 bits per heavy atom. The molecule has 1 aromatic rings. The fourth-order valence-corrected chi connectivity index (χ4v) is 9.15. The van der Waals surface area contributed by atoms with E-state index >= 15 is 0 Å². The normalized spacial score (nSPS) is 39.9. The van der Waals surface area contributed by atoms with Crippen LogP contribution >= 0.6 is 0 Å². The highest BCUT2D eigenvalue weighted by Crippen LogP contribution is 2.76. The van der Waals surface area contributed by atoms with Gasteiger partial charge in [0.1, 0.15) is 0 Å². The van der Waals surface area contributed by atoms with Crippen molar-refractivity contribution in [2.24, 2.45) is 34.5 Å². The second-order valence-electron chi connectivity index (χ2n) is 12.9. The van der Waals surface area contributed by atoms with Gasteiger partial charge < -0.3 is 0 Å². The zero-order chi connectivity index (χ0) is 22.2. The van der Waals surface area contributed by atoms with E-state index in [1.54, 1.807) is 16.7 Å². The molecule has 4 aliphatic carbocycles. The zero-order valence-electron chi connectivity index (χ0n) is 21.2. The van der Waals surface area contributed by atoms with Gasteiger partial charge in [0.05, 0.1) is 0 Å². The number of rotatable bonds is 6. The minimum Gasteiger partial charge on any atom is -0.0996 e. The molecule has 170 valence electrons. The molecule has 0 aromatic heterocycles. The molecule has 3 fully saturated rings. The van der Waals surface area contributed by atoms with E-state index in [2.05, 4.69) is 60.3 Å². The van der Waals surface area contributed by atoms with Crippen molar-refractivity contribution in [3.8, 4) is 0 Å². The highest BCUT2D eigenvalue weighted by atomic mass is 14.7. The first-order valence-corrected chi connectivity index (χ1v) is 13.4. The van der Waals surface area contributed by atoms with Crippen molar-refractivity contribution in [3.63, 3.8) is 0 Å². The summed E-state index contributed by atoms with van der Waals surface area (Å²) in [6.07, 6.45) is 14.1. The van der Waals surface area contributed by atoms with Crippen molar-refractivity contribution in [1.29, 1.82) is 0 Å². The maximum Gasteiger partial charge on any atom is 0.00831 e. The molecule has 0 heteroatoms. The molecule has 6 atom stereocenters. The zero-order valence-corrected chi connectivity index (χ0v) is 21.2. The molecular formula is C31H46. The maximum atomic E-state index is 4.63. The van der Waals surface area contributed by atoms with Gasteiger partial charge in [0, 0.05) is 5.41 Å². The van der Waals surface area contributed by atoms with Crippen LogP contribution in [0.5, 0.6) is 0 Å². The van der Waals surface area contributed by atoms with Crippen molar-refractivity contribution in [2.75, 3.05) is 0 Å². The summed E-state index contributed by atoms with van der Waals surface area (Å²) >= 11 is 0. The summed E-state index contributed by atoms with van der Waals surface area (Å²) in [5.41, 5.74) is 9.20. The summed E-state index contributed by atoms with van der Waals surface area (Å²) in [7, 11) is 0. The molecule has 2 bridgehead atoms. The smallest absolute Gasteiger partial charge is 0.00831 e. The van der Waals surface area contributed by atoms with Crippen LogP contribution in [0.1, 0.15) is 108 Å². The SMILES string of the molecule is C=C1CCC2(C)C(C)C3(CC(C)CCCC4CC4)Cc4ccc(C)c(C)c4C2(C3)C1C. The Morgan fingerprint density at radius 3 is 2.61 bits per heavy atom. The summed E-state index contributed by atoms with van der Waals surface area (Å²) in [6.45, 7) is 19.8. The highest BCUT2D eigenvalue weighted by Gasteiger charge is 2.71. The Morgan fingerprint density at radius 1 is 1.16 bits per heavy atom. The van der Waals surface area contributed by atoms with Gasteiger partial charge in [0.25, 0.3) is 0 Å². The van der Waals surface area contributed by atoms with Gasteiger partial charge in [-0.15, -0.1) is 0 Å². The van der Waals surface area contributed by atoms with E-state index in [1.807, 2.05) is 0 Å². The van der Waals surface area contributed by atoms with Gasteiger partial charge in [-0.25, -0.2) is 0 Å². The fraction of sp³-hybridized carbons (Fsp3) is 0.742. The second kappa shape index (κ2) is 7.23. The topological polar surface area (TPSA) is 0 Å². The van der Waals surface area contributed by atoms with E-state index in [0.717, 1.165) is 17.8 Å². The number of allylic oxidation sites excluding steroid dienone is 1. The minimum atomic E-state index is 0.291. The summed E-state index contributed by atoms with van der Waals surface area (Å²) in [5.74, 6) is 3.32. The highest BCUT2D eigenvalue weighted by molar-refractivity contribution is 5.53. The molecule has 0 N–H and O–H groups in total. The van der Waals surface area contributed by atoms with Crippen LogP contribution in [0, 0.1) is 48.3 Å². The third kappa shape index (κ3) is 2.99. The van der Waals surface area contributed by atoms with Crippen molar-refractivity contribution in [2.45, 2.75) is 111 Å². The van der Waals surface area contributed by atoms with Crippen LogP contribution in [-0.4, -0.2) is 0 Å². The molecule has 1 spiro atoms. The molecule has 31 heavy (non-hydrogen) atoms. The number of hydrogen-bond acceptors (Lipinski definition) is 0. The van der Waals surface area contributed by atoms with Crippen LogP contribution < -0.4 is 0 Å². The van der Waals surface area contributed by atoms with Crippen molar-refractivity contribution < 1.29 is 0 Å². The lowest BCUT2D eigenvalue weighted by Crippen LogP contribution is -2.51. The van der Waals surface area contributed by atoms with E-state index < -0.39 is 0 Å². The average molecular weight is 419 g/mol. The van der Waals surface area contributed by atoms with Gasteiger partial charge in [-0.05, 0) is 103 Å². The standard InChI is InChI=1S/C31H46/c1-20(9-8-10-26-12-13-26)17-30-18-27-14-11-21(2)23(4)28(27)31(19-30)24(5)22(3)15-16-29(31,7)25(30)6/h11,14,20,24-26H,3,8-10,12-13,15-19H2,1-2,4-7H3. The fourth-order valence-electron chi connectivity index (χ4n) is 9.15. The molecule has 1 aromatic carbocycles. The lowest BCUT2D eigenvalue weighted by atomic mass is 9.48. The lowest BCUT2D eigenvalue weighted by Gasteiger charge is -2.56. The molecule has 0 saturated heterocycles. The Labute approximate surface area is 192 Å². The monoisotopic (exact) mass is 418 g/mol. The molecule has 3 saturated carbocycles. The van der Waals surface area contributed by atoms with Crippen LogP contribution in [0.2, 0.25) is 0 Å². The van der Waals surface area contributed by atoms with Gasteiger partial charge in [0.2, 0.25) is 0 Å². The molecule has 5 rings (SSSR count). The number of benzene rings is 1. The average Bonchev–Trinajstić information content (AvgIpc) is 3.53. The quantitative estimate of drug-likeness (QED) is 0.405. The number of hydrogen-bond donors (Lipinski definition) is 0. The van der Waals surface area contributed by atoms with Crippen LogP contribution in [0.4, 0.5) is 0 Å². The predicted octanol–water partition coefficient (Wildman–Crippen LogP) is 8.72. The van der Waals surface area contributed by atoms with Gasteiger partial charge >= 0.3 is 0 Å². The molecular weight excluding hydrogens is 372 g/mol. The van der Waals surface area contributed by atoms with Gasteiger partial charge in [-0.1, -0.05) is 84.1 Å². The molecule has 0 radical (unpaired) electrons. The molecule has 0 heterocycles. The Balaban J connectivity index is 1.57. The molecule has 6 unspecified atom stereocenters. The summed E-state index contributed by atoms with van der Waals surface area (Å²) in [6, 6.07) is 4.93. The summed E-state index contributed by atoms with van der Waals surface area (Å²) in [4.78, 5) is 0. The van der Waals surface area contributed by atoms with Gasteiger partial charge in [-0.3, -0.25) is 0 Å². The summed E-state index contributed by atoms with van der Waals surface area (Å²) < 4.78 is 0. The van der Waals surface area contributed by atoms with Gasteiger partial charge in [0.15, 0.2) is 0 Å². The number of aryl methyl sites for hydroxylation is 1. The first kappa shape index (κ1) is 21.8. The third-order valence-corrected chi connectivity index (χ3v) is 11.4. The lowest BCUT2D eigenvalue weighted by molar-refractivity contribution is 0.0474. The van der Waals surface area contributed by atoms with E-state index in [-0.39, 0.29) is 0 Å². The molecule has 0 nitrogen and oxygen atoms in total. The minimum absolute atomic E-state index is 0.291. The first-order chi connectivity index (χ1) is 14.6. The number of fused-ring (bicyclic) bond motifs is 2. The van der Waals surface area contributed by atoms with Crippen molar-refractivity contribution in [1.82, 2.24) is 0 Å². The Hall–Kier alpha value is -1.04. The first-order valence-electron chi connectivity index (χ1n) is 13.4. The van der Waals surface area contributed by atoms with Crippen molar-refractivity contribution in [3.05, 3.63) is 46.5 Å². The predicted molar refractivity (Wildman–Crippen MR) is 134 cm³/mol. The Kier molecular flexibility index (Phi) is 5.08. The van der Waals surface area contributed by atoms with E-state index in [0.29, 0.717) is 22.2 Å². The molecule has 0 aliphatic heterocycles. The van der Waals surface area contributed by atoms with E-state index in [1.165, 1.54) is 75.3 Å². The van der Waals surface area contributed by atoms with Crippen LogP contribution in [0.25, 0.3) is 0 Å². The molecule has 0 amide bonds.